The third-order valence-corrected chi connectivity index (χ3v) is 5.42. The van der Waals surface area contributed by atoms with Gasteiger partial charge in [-0.25, -0.2) is 4.98 Å². The Labute approximate surface area is 191 Å². The van der Waals surface area contributed by atoms with Crippen LogP contribution in [-0.2, 0) is 16.0 Å². The highest BCUT2D eigenvalue weighted by Crippen LogP contribution is 2.23. The molecule has 7 nitrogen and oxygen atoms in total. The van der Waals surface area contributed by atoms with Crippen LogP contribution in [0.2, 0.25) is 0 Å². The van der Waals surface area contributed by atoms with Gasteiger partial charge in [0.15, 0.2) is 5.96 Å². The number of hydrogen-bond acceptors (Lipinski definition) is 5. The second-order valence-corrected chi connectivity index (χ2v) is 7.60. The largest absolute Gasteiger partial charge is 0.474 e. The lowest BCUT2D eigenvalue weighted by atomic mass is 10.1. The van der Waals surface area contributed by atoms with E-state index in [-0.39, 0.29) is 24.0 Å². The fourth-order valence-corrected chi connectivity index (χ4v) is 3.87. The van der Waals surface area contributed by atoms with E-state index in [4.69, 9.17) is 14.2 Å². The number of guanidine groups is 1. The minimum atomic E-state index is 0. The minimum Gasteiger partial charge on any atom is -0.474 e. The highest BCUT2D eigenvalue weighted by atomic mass is 127. The van der Waals surface area contributed by atoms with Crippen LogP contribution in [0.25, 0.3) is 0 Å². The van der Waals surface area contributed by atoms with Crippen LogP contribution < -0.4 is 10.1 Å². The molecule has 0 amide bonds. The summed E-state index contributed by atoms with van der Waals surface area (Å²) in [5.74, 6) is 2.22. The first-order chi connectivity index (χ1) is 13.8. The lowest BCUT2D eigenvalue weighted by Gasteiger charge is -2.22. The fourth-order valence-electron chi connectivity index (χ4n) is 3.87. The summed E-state index contributed by atoms with van der Waals surface area (Å²) in [6.07, 6.45) is 8.09. The first-order valence-corrected chi connectivity index (χ1v) is 10.4. The molecule has 0 bridgehead atoms. The molecule has 2 fully saturated rings. The van der Waals surface area contributed by atoms with Gasteiger partial charge in [-0.15, -0.1) is 24.0 Å². The van der Waals surface area contributed by atoms with Crippen molar-refractivity contribution in [3.63, 3.8) is 0 Å². The molecule has 1 aliphatic heterocycles. The van der Waals surface area contributed by atoms with Crippen LogP contribution in [0.3, 0.4) is 0 Å². The first kappa shape index (κ1) is 24.1. The van der Waals surface area contributed by atoms with E-state index in [2.05, 4.69) is 20.2 Å². The second-order valence-electron chi connectivity index (χ2n) is 7.60. The number of likely N-dealkylation sites (tertiary alicyclic amines) is 1. The Kier molecular flexibility index (Phi) is 11.0. The maximum atomic E-state index is 6.02. The van der Waals surface area contributed by atoms with E-state index in [9.17, 15) is 0 Å². The number of rotatable bonds is 9. The van der Waals surface area contributed by atoms with E-state index in [1.807, 2.05) is 25.4 Å². The third-order valence-electron chi connectivity index (χ3n) is 5.42. The van der Waals surface area contributed by atoms with E-state index >= 15 is 0 Å². The lowest BCUT2D eigenvalue weighted by molar-refractivity contribution is 0.0536. The van der Waals surface area contributed by atoms with Crippen molar-refractivity contribution in [1.82, 2.24) is 15.2 Å². The fraction of sp³-hybridized carbons (Fsp3) is 0.714. The highest BCUT2D eigenvalue weighted by molar-refractivity contribution is 14.0. The van der Waals surface area contributed by atoms with Gasteiger partial charge in [0, 0.05) is 52.0 Å². The number of aliphatic imine (C=N–C) groups is 1. The number of aromatic nitrogens is 1. The third kappa shape index (κ3) is 7.90. The summed E-state index contributed by atoms with van der Waals surface area (Å²) >= 11 is 0. The van der Waals surface area contributed by atoms with Gasteiger partial charge in [0.1, 0.15) is 6.10 Å². The Hall–Kier alpha value is -1.13. The van der Waals surface area contributed by atoms with Gasteiger partial charge < -0.3 is 24.4 Å². The van der Waals surface area contributed by atoms with Crippen LogP contribution in [0.5, 0.6) is 5.88 Å². The summed E-state index contributed by atoms with van der Waals surface area (Å²) in [7, 11) is 3.54. The summed E-state index contributed by atoms with van der Waals surface area (Å²) < 4.78 is 16.7. The molecule has 1 saturated carbocycles. The molecule has 1 aromatic rings. The van der Waals surface area contributed by atoms with Crippen molar-refractivity contribution in [2.45, 2.75) is 44.8 Å². The van der Waals surface area contributed by atoms with Gasteiger partial charge in [0.25, 0.3) is 0 Å². The molecule has 0 aromatic carbocycles. The van der Waals surface area contributed by atoms with Gasteiger partial charge in [-0.1, -0.05) is 0 Å². The van der Waals surface area contributed by atoms with Crippen LogP contribution in [0, 0.1) is 5.92 Å². The SMILES string of the molecule is CN=C(NCc1ccnc(OC2CCCC2)c1)N1CCC(COCCOC)C1.I. The predicted octanol–water partition coefficient (Wildman–Crippen LogP) is 3.08. The summed E-state index contributed by atoms with van der Waals surface area (Å²) in [4.78, 5) is 11.1. The predicted molar refractivity (Wildman–Crippen MR) is 125 cm³/mol. The van der Waals surface area contributed by atoms with Crippen molar-refractivity contribution >= 4 is 29.9 Å². The van der Waals surface area contributed by atoms with E-state index < -0.39 is 0 Å². The Balaban J connectivity index is 0.00000300. The highest BCUT2D eigenvalue weighted by Gasteiger charge is 2.25. The van der Waals surface area contributed by atoms with Crippen molar-refractivity contribution in [2.24, 2.45) is 10.9 Å². The number of halogens is 1. The number of methoxy groups -OCH3 is 1. The number of ether oxygens (including phenoxy) is 3. The summed E-state index contributed by atoms with van der Waals surface area (Å²) in [5.41, 5.74) is 1.16. The maximum Gasteiger partial charge on any atom is 0.213 e. The average molecular weight is 518 g/mol. The molecule has 2 aliphatic rings. The summed E-state index contributed by atoms with van der Waals surface area (Å²) in [5, 5.41) is 3.48. The smallest absolute Gasteiger partial charge is 0.213 e. The van der Waals surface area contributed by atoms with E-state index in [0.717, 1.165) is 56.4 Å². The van der Waals surface area contributed by atoms with E-state index in [1.165, 1.54) is 12.8 Å². The van der Waals surface area contributed by atoms with Crippen LogP contribution >= 0.6 is 24.0 Å². The van der Waals surface area contributed by atoms with Crippen molar-refractivity contribution in [1.29, 1.82) is 0 Å². The van der Waals surface area contributed by atoms with Crippen molar-refractivity contribution in [2.75, 3.05) is 47.1 Å². The Bertz CT molecular complexity index is 626. The molecule has 164 valence electrons. The number of hydrogen-bond donors (Lipinski definition) is 1. The van der Waals surface area contributed by atoms with Gasteiger partial charge in [-0.2, -0.15) is 0 Å². The molecule has 0 radical (unpaired) electrons. The van der Waals surface area contributed by atoms with E-state index in [0.29, 0.717) is 31.8 Å². The molecule has 29 heavy (non-hydrogen) atoms. The Morgan fingerprint density at radius 1 is 1.28 bits per heavy atom. The number of nitrogens with one attached hydrogen (secondary N) is 1. The molecular weight excluding hydrogens is 483 g/mol. The van der Waals surface area contributed by atoms with Crippen molar-refractivity contribution in [3.05, 3.63) is 23.9 Å². The zero-order valence-electron chi connectivity index (χ0n) is 17.6. The molecular formula is C21H35IN4O3. The quantitative estimate of drug-likeness (QED) is 0.235. The summed E-state index contributed by atoms with van der Waals surface area (Å²) in [6.45, 7) is 4.78. The molecule has 1 aromatic heterocycles. The summed E-state index contributed by atoms with van der Waals surface area (Å²) in [6, 6.07) is 4.06. The zero-order chi connectivity index (χ0) is 19.6. The molecule has 3 rings (SSSR count). The van der Waals surface area contributed by atoms with Crippen LogP contribution in [0.15, 0.2) is 23.3 Å². The molecule has 2 heterocycles. The van der Waals surface area contributed by atoms with Gasteiger partial charge in [0.05, 0.1) is 19.8 Å². The molecule has 1 atom stereocenters. The lowest BCUT2D eigenvalue weighted by Crippen LogP contribution is -2.39. The Morgan fingerprint density at radius 2 is 2.10 bits per heavy atom. The molecule has 1 unspecified atom stereocenters. The van der Waals surface area contributed by atoms with Crippen LogP contribution in [0.4, 0.5) is 0 Å². The molecule has 0 spiro atoms. The average Bonchev–Trinajstić information content (AvgIpc) is 3.39. The van der Waals surface area contributed by atoms with Crippen molar-refractivity contribution < 1.29 is 14.2 Å². The zero-order valence-corrected chi connectivity index (χ0v) is 20.0. The van der Waals surface area contributed by atoms with Gasteiger partial charge >= 0.3 is 0 Å². The minimum absolute atomic E-state index is 0. The maximum absolute atomic E-state index is 6.02. The molecule has 8 heteroatoms. The topological polar surface area (TPSA) is 68.2 Å². The molecule has 1 N–H and O–H groups in total. The van der Waals surface area contributed by atoms with Crippen LogP contribution in [0.1, 0.15) is 37.7 Å². The first-order valence-electron chi connectivity index (χ1n) is 10.4. The van der Waals surface area contributed by atoms with E-state index in [1.54, 1.807) is 7.11 Å². The van der Waals surface area contributed by atoms with Crippen LogP contribution in [-0.4, -0.2) is 69.0 Å². The standard InChI is InChI=1S/C21H34N4O3.HI/c1-22-21(25-10-8-18(15-25)16-27-12-11-26-2)24-14-17-7-9-23-20(13-17)28-19-5-3-4-6-19;/h7,9,13,18-19H,3-6,8,10-12,14-16H2,1-2H3,(H,22,24);1H. The van der Waals surface area contributed by atoms with Gasteiger partial charge in [-0.3, -0.25) is 4.99 Å². The molecule has 1 aliphatic carbocycles. The number of pyridine rings is 1. The number of nitrogens with zero attached hydrogens (tertiary/aromatic N) is 3. The normalized spacial score (nSPS) is 20.0. The monoisotopic (exact) mass is 518 g/mol. The Morgan fingerprint density at radius 3 is 2.86 bits per heavy atom. The van der Waals surface area contributed by atoms with Gasteiger partial charge in [0.2, 0.25) is 5.88 Å². The van der Waals surface area contributed by atoms with Crippen molar-refractivity contribution in [3.8, 4) is 5.88 Å². The van der Waals surface area contributed by atoms with Gasteiger partial charge in [-0.05, 0) is 43.7 Å². The molecule has 1 saturated heterocycles. The second kappa shape index (κ2) is 13.2.